The van der Waals surface area contributed by atoms with Gasteiger partial charge in [-0.15, -0.1) is 0 Å². The number of carbonyl (C=O) groups excluding carboxylic acids is 1. The second-order valence-electron chi connectivity index (χ2n) is 5.68. The molecule has 2 aromatic carbocycles. The lowest BCUT2D eigenvalue weighted by Gasteiger charge is -2.09. The molecule has 0 N–H and O–H groups in total. The third-order valence-corrected chi connectivity index (χ3v) is 5.28. The van der Waals surface area contributed by atoms with Gasteiger partial charge in [-0.1, -0.05) is 60.4 Å². The van der Waals surface area contributed by atoms with Gasteiger partial charge in [0.05, 0.1) is 9.83 Å². The molecule has 1 fully saturated rings. The molecule has 0 unspecified atom stereocenters. The van der Waals surface area contributed by atoms with Crippen molar-refractivity contribution in [2.75, 3.05) is 6.54 Å². The van der Waals surface area contributed by atoms with E-state index in [2.05, 4.69) is 0 Å². The summed E-state index contributed by atoms with van der Waals surface area (Å²) in [6.45, 7) is 2.57. The number of nitro groups is 1. The fourth-order valence-corrected chi connectivity index (χ4v) is 3.93. The molecule has 3 rings (SSSR count). The van der Waals surface area contributed by atoms with Gasteiger partial charge < -0.3 is 4.74 Å². The molecule has 1 aliphatic rings. The lowest BCUT2D eigenvalue weighted by atomic mass is 10.1. The predicted molar refractivity (Wildman–Crippen MR) is 109 cm³/mol. The molecule has 0 aromatic heterocycles. The summed E-state index contributed by atoms with van der Waals surface area (Å²) in [6.07, 6.45) is 1.61. The van der Waals surface area contributed by atoms with Crippen LogP contribution in [0.25, 0.3) is 6.08 Å². The van der Waals surface area contributed by atoms with Crippen LogP contribution in [0.3, 0.4) is 0 Å². The molecule has 0 radical (unpaired) electrons. The highest BCUT2D eigenvalue weighted by molar-refractivity contribution is 8.26. The van der Waals surface area contributed by atoms with Crippen LogP contribution in [0, 0.1) is 10.1 Å². The van der Waals surface area contributed by atoms with Crippen LogP contribution in [0.4, 0.5) is 5.69 Å². The number of hydrogen-bond acceptors (Lipinski definition) is 6. The maximum absolute atomic E-state index is 12.3. The Kier molecular flexibility index (Phi) is 5.88. The summed E-state index contributed by atoms with van der Waals surface area (Å²) in [4.78, 5) is 25.2. The predicted octanol–water partition coefficient (Wildman–Crippen LogP) is 4.39. The first-order chi connectivity index (χ1) is 13.0. The van der Waals surface area contributed by atoms with E-state index in [1.165, 1.54) is 22.7 Å². The number of carbonyl (C=O) groups is 1. The first-order valence-electron chi connectivity index (χ1n) is 8.20. The van der Waals surface area contributed by atoms with Crippen LogP contribution in [0.15, 0.2) is 53.4 Å². The first kappa shape index (κ1) is 19.1. The Hall–Kier alpha value is -2.71. The molecule has 0 atom stereocenters. The monoisotopic (exact) mass is 400 g/mol. The van der Waals surface area contributed by atoms with Crippen molar-refractivity contribution < 1.29 is 14.5 Å². The number of amides is 1. The van der Waals surface area contributed by atoms with Crippen molar-refractivity contribution in [3.05, 3.63) is 74.7 Å². The molecule has 0 bridgehead atoms. The zero-order valence-electron chi connectivity index (χ0n) is 14.5. The lowest BCUT2D eigenvalue weighted by molar-refractivity contribution is -0.386. The standard InChI is InChI=1S/C19H16N2O4S2/c1-2-20-18(22)17(27-19(20)26)11-14-8-9-16(15(10-14)21(23)24)25-12-13-6-4-3-5-7-13/h3-11H,2,12H2,1H3. The third kappa shape index (κ3) is 4.35. The van der Waals surface area contributed by atoms with Crippen molar-refractivity contribution in [2.45, 2.75) is 13.5 Å². The molecule has 0 saturated carbocycles. The van der Waals surface area contributed by atoms with Crippen molar-refractivity contribution in [2.24, 2.45) is 0 Å². The van der Waals surface area contributed by atoms with Crippen LogP contribution in [0.2, 0.25) is 0 Å². The van der Waals surface area contributed by atoms with Gasteiger partial charge in [-0.25, -0.2) is 0 Å². The number of benzene rings is 2. The van der Waals surface area contributed by atoms with Crippen LogP contribution >= 0.6 is 24.0 Å². The molecule has 0 spiro atoms. The van der Waals surface area contributed by atoms with Crippen molar-refractivity contribution >= 4 is 46.0 Å². The fourth-order valence-electron chi connectivity index (χ4n) is 2.55. The lowest BCUT2D eigenvalue weighted by Crippen LogP contribution is -2.27. The Balaban J connectivity index is 1.84. The van der Waals surface area contributed by atoms with E-state index in [0.29, 0.717) is 21.3 Å². The summed E-state index contributed by atoms with van der Waals surface area (Å²) in [5, 5.41) is 11.4. The van der Waals surface area contributed by atoms with E-state index in [1.54, 1.807) is 18.2 Å². The average molecular weight is 400 g/mol. The topological polar surface area (TPSA) is 72.7 Å². The van der Waals surface area contributed by atoms with Gasteiger partial charge in [-0.05, 0) is 30.2 Å². The maximum atomic E-state index is 12.3. The van der Waals surface area contributed by atoms with E-state index in [1.807, 2.05) is 37.3 Å². The second kappa shape index (κ2) is 8.32. The van der Waals surface area contributed by atoms with E-state index in [0.717, 1.165) is 5.56 Å². The van der Waals surface area contributed by atoms with Gasteiger partial charge in [0.15, 0.2) is 5.75 Å². The second-order valence-corrected chi connectivity index (χ2v) is 7.36. The molecule has 1 saturated heterocycles. The van der Waals surface area contributed by atoms with Crippen LogP contribution in [0.1, 0.15) is 18.1 Å². The Bertz CT molecular complexity index is 929. The molecule has 138 valence electrons. The quantitative estimate of drug-likeness (QED) is 0.310. The van der Waals surface area contributed by atoms with Crippen LogP contribution < -0.4 is 4.74 Å². The third-order valence-electron chi connectivity index (χ3n) is 3.90. The average Bonchev–Trinajstić information content (AvgIpc) is 2.94. The first-order valence-corrected chi connectivity index (χ1v) is 9.42. The SMILES string of the molecule is CCN1C(=O)C(=Cc2ccc(OCc3ccccc3)c([N+](=O)[O-])c2)SC1=S. The minimum Gasteiger partial charge on any atom is -0.482 e. The normalized spacial score (nSPS) is 15.4. The smallest absolute Gasteiger partial charge is 0.311 e. The van der Waals surface area contributed by atoms with E-state index < -0.39 is 4.92 Å². The number of nitrogens with zero attached hydrogens (tertiary/aromatic N) is 2. The van der Waals surface area contributed by atoms with Crippen molar-refractivity contribution in [1.29, 1.82) is 0 Å². The number of likely N-dealkylation sites (N-methyl/N-ethyl adjacent to an activating group) is 1. The van der Waals surface area contributed by atoms with Crippen molar-refractivity contribution in [3.8, 4) is 5.75 Å². The number of thiocarbonyl (C=S) groups is 1. The molecular weight excluding hydrogens is 384 g/mol. The van der Waals surface area contributed by atoms with Crippen molar-refractivity contribution in [1.82, 2.24) is 4.90 Å². The van der Waals surface area contributed by atoms with E-state index in [9.17, 15) is 14.9 Å². The molecule has 6 nitrogen and oxygen atoms in total. The molecule has 1 heterocycles. The number of ether oxygens (including phenoxy) is 1. The molecule has 1 amide bonds. The summed E-state index contributed by atoms with van der Waals surface area (Å²) in [6, 6.07) is 14.1. The summed E-state index contributed by atoms with van der Waals surface area (Å²) in [7, 11) is 0. The number of thioether (sulfide) groups is 1. The minimum atomic E-state index is -0.491. The molecular formula is C19H16N2O4S2. The zero-order chi connectivity index (χ0) is 19.4. The number of rotatable bonds is 6. The van der Waals surface area contributed by atoms with Crippen LogP contribution in [-0.4, -0.2) is 26.6 Å². The highest BCUT2D eigenvalue weighted by atomic mass is 32.2. The highest BCUT2D eigenvalue weighted by Crippen LogP contribution is 2.34. The van der Waals surface area contributed by atoms with Gasteiger partial charge in [0.1, 0.15) is 10.9 Å². The zero-order valence-corrected chi connectivity index (χ0v) is 16.1. The maximum Gasteiger partial charge on any atom is 0.311 e. The Morgan fingerprint density at radius 1 is 1.26 bits per heavy atom. The molecule has 2 aromatic rings. The Labute approximate surface area is 166 Å². The van der Waals surface area contributed by atoms with Gasteiger partial charge in [-0.2, -0.15) is 0 Å². The Morgan fingerprint density at radius 3 is 2.63 bits per heavy atom. The molecule has 8 heteroatoms. The summed E-state index contributed by atoms with van der Waals surface area (Å²) >= 11 is 6.37. The van der Waals surface area contributed by atoms with E-state index in [-0.39, 0.29) is 24.0 Å². The number of hydrogen-bond donors (Lipinski definition) is 0. The van der Waals surface area contributed by atoms with Gasteiger partial charge in [-0.3, -0.25) is 19.8 Å². The Morgan fingerprint density at radius 2 is 2.00 bits per heavy atom. The summed E-state index contributed by atoms with van der Waals surface area (Å²) in [5.41, 5.74) is 1.31. The fraction of sp³-hybridized carbons (Fsp3) is 0.158. The summed E-state index contributed by atoms with van der Waals surface area (Å²) < 4.78 is 6.11. The molecule has 1 aliphatic heterocycles. The van der Waals surface area contributed by atoms with Crippen molar-refractivity contribution in [3.63, 3.8) is 0 Å². The van der Waals surface area contributed by atoms with Gasteiger partial charge in [0, 0.05) is 12.6 Å². The largest absolute Gasteiger partial charge is 0.482 e. The molecule has 0 aliphatic carbocycles. The van der Waals surface area contributed by atoms with Gasteiger partial charge in [0.25, 0.3) is 5.91 Å². The summed E-state index contributed by atoms with van der Waals surface area (Å²) in [5.74, 6) is 0.00154. The van der Waals surface area contributed by atoms with E-state index >= 15 is 0 Å². The van der Waals surface area contributed by atoms with Crippen LogP contribution in [-0.2, 0) is 11.4 Å². The molecule has 27 heavy (non-hydrogen) atoms. The van der Waals surface area contributed by atoms with E-state index in [4.69, 9.17) is 17.0 Å². The number of nitro benzene ring substituents is 1. The van der Waals surface area contributed by atoms with Crippen LogP contribution in [0.5, 0.6) is 5.75 Å². The minimum absolute atomic E-state index is 0.148. The highest BCUT2D eigenvalue weighted by Gasteiger charge is 2.30. The van der Waals surface area contributed by atoms with Gasteiger partial charge >= 0.3 is 5.69 Å². The van der Waals surface area contributed by atoms with Gasteiger partial charge in [0.2, 0.25) is 0 Å².